The first kappa shape index (κ1) is 20.9. The lowest BCUT2D eigenvalue weighted by Crippen LogP contribution is -2.44. The van der Waals surface area contributed by atoms with Gasteiger partial charge in [-0.15, -0.1) is 0 Å². The lowest BCUT2D eigenvalue weighted by Gasteiger charge is -2.31. The van der Waals surface area contributed by atoms with Crippen LogP contribution in [0.15, 0.2) is 48.5 Å². The van der Waals surface area contributed by atoms with Crippen LogP contribution in [-0.4, -0.2) is 28.8 Å². The maximum Gasteiger partial charge on any atom is 0.223 e. The van der Waals surface area contributed by atoms with Gasteiger partial charge >= 0.3 is 0 Å². The molecule has 2 aliphatic heterocycles. The number of nitrogens with one attached hydrogen (secondary N) is 1. The minimum atomic E-state index is -0.397. The van der Waals surface area contributed by atoms with E-state index >= 15 is 0 Å². The molecule has 2 aromatic carbocycles. The van der Waals surface area contributed by atoms with E-state index in [-0.39, 0.29) is 23.7 Å². The summed E-state index contributed by atoms with van der Waals surface area (Å²) in [5.74, 6) is -0.129. The predicted molar refractivity (Wildman–Crippen MR) is 115 cm³/mol. The standard InChI is InChI=1S/C24H26ClFN2O2/c25-19-7-3-17(4-8-19)16-24(13-11-22(29)27-24)14-12-23(30)28-15-1-2-21(28)18-5-9-20(26)10-6-18/h3-10,21H,1-2,11-16H2,(H,27,29)/t21-,24+/m1/s1. The van der Waals surface area contributed by atoms with Crippen molar-refractivity contribution in [3.63, 3.8) is 0 Å². The van der Waals surface area contributed by atoms with Crippen molar-refractivity contribution in [2.45, 2.75) is 56.5 Å². The van der Waals surface area contributed by atoms with Crippen LogP contribution in [0.25, 0.3) is 0 Å². The van der Waals surface area contributed by atoms with E-state index in [9.17, 15) is 14.0 Å². The van der Waals surface area contributed by atoms with Gasteiger partial charge < -0.3 is 10.2 Å². The van der Waals surface area contributed by atoms with E-state index < -0.39 is 5.54 Å². The highest BCUT2D eigenvalue weighted by molar-refractivity contribution is 6.30. The predicted octanol–water partition coefficient (Wildman–Crippen LogP) is 4.81. The Balaban J connectivity index is 1.44. The smallest absolute Gasteiger partial charge is 0.223 e. The van der Waals surface area contributed by atoms with Crippen molar-refractivity contribution < 1.29 is 14.0 Å². The number of carbonyl (C=O) groups excluding carboxylic acids is 2. The molecule has 6 heteroatoms. The number of likely N-dealkylation sites (tertiary alicyclic amines) is 1. The first-order chi connectivity index (χ1) is 14.4. The van der Waals surface area contributed by atoms with E-state index in [0.717, 1.165) is 36.9 Å². The summed E-state index contributed by atoms with van der Waals surface area (Å²) in [6.45, 7) is 0.720. The van der Waals surface area contributed by atoms with Crippen molar-refractivity contribution >= 4 is 23.4 Å². The summed E-state index contributed by atoms with van der Waals surface area (Å²) in [4.78, 5) is 27.0. The Hall–Kier alpha value is -2.40. The minimum absolute atomic E-state index is 0.00323. The van der Waals surface area contributed by atoms with Crippen molar-refractivity contribution in [3.8, 4) is 0 Å². The van der Waals surface area contributed by atoms with Gasteiger partial charge in [0.1, 0.15) is 5.82 Å². The number of rotatable bonds is 6. The molecule has 2 aliphatic rings. The molecule has 0 saturated carbocycles. The van der Waals surface area contributed by atoms with Crippen LogP contribution in [-0.2, 0) is 16.0 Å². The van der Waals surface area contributed by atoms with Crippen LogP contribution in [0.2, 0.25) is 5.02 Å². The van der Waals surface area contributed by atoms with Crippen molar-refractivity contribution in [2.75, 3.05) is 6.54 Å². The number of halogens is 2. The Kier molecular flexibility index (Phi) is 6.09. The summed E-state index contributed by atoms with van der Waals surface area (Å²) < 4.78 is 13.3. The molecule has 0 aliphatic carbocycles. The number of benzene rings is 2. The number of carbonyl (C=O) groups is 2. The second kappa shape index (κ2) is 8.76. The molecule has 30 heavy (non-hydrogen) atoms. The van der Waals surface area contributed by atoms with Gasteiger partial charge in [-0.3, -0.25) is 9.59 Å². The fourth-order valence-corrected chi connectivity index (χ4v) is 4.89. The van der Waals surface area contributed by atoms with E-state index in [4.69, 9.17) is 11.6 Å². The van der Waals surface area contributed by atoms with Crippen LogP contribution in [0.3, 0.4) is 0 Å². The maximum atomic E-state index is 13.3. The molecule has 2 fully saturated rings. The fraction of sp³-hybridized carbons (Fsp3) is 0.417. The molecule has 2 atom stereocenters. The van der Waals surface area contributed by atoms with Gasteiger partial charge in [-0.05, 0) is 67.5 Å². The summed E-state index contributed by atoms with van der Waals surface area (Å²) in [5, 5.41) is 3.82. The molecule has 0 aromatic heterocycles. The summed E-state index contributed by atoms with van der Waals surface area (Å²) in [5.41, 5.74) is 1.68. The molecule has 158 valence electrons. The lowest BCUT2D eigenvalue weighted by atomic mass is 9.85. The highest BCUT2D eigenvalue weighted by atomic mass is 35.5. The van der Waals surface area contributed by atoms with E-state index in [2.05, 4.69) is 5.32 Å². The van der Waals surface area contributed by atoms with E-state index in [0.29, 0.717) is 30.7 Å². The molecular weight excluding hydrogens is 403 g/mol. The van der Waals surface area contributed by atoms with Gasteiger partial charge in [0.2, 0.25) is 11.8 Å². The molecule has 0 bridgehead atoms. The average molecular weight is 429 g/mol. The third-order valence-corrected chi connectivity index (χ3v) is 6.59. The third kappa shape index (κ3) is 4.67. The molecule has 2 saturated heterocycles. The number of nitrogens with zero attached hydrogens (tertiary/aromatic N) is 1. The zero-order valence-electron chi connectivity index (χ0n) is 16.9. The van der Waals surface area contributed by atoms with Crippen molar-refractivity contribution in [3.05, 3.63) is 70.5 Å². The van der Waals surface area contributed by atoms with Gasteiger partial charge in [-0.25, -0.2) is 4.39 Å². The van der Waals surface area contributed by atoms with Gasteiger partial charge in [0.15, 0.2) is 0 Å². The molecule has 4 rings (SSSR count). The van der Waals surface area contributed by atoms with Crippen LogP contribution >= 0.6 is 11.6 Å². The Morgan fingerprint density at radius 3 is 2.57 bits per heavy atom. The molecule has 0 radical (unpaired) electrons. The fourth-order valence-electron chi connectivity index (χ4n) is 4.76. The second-order valence-corrected chi connectivity index (χ2v) is 8.86. The second-order valence-electron chi connectivity index (χ2n) is 8.43. The van der Waals surface area contributed by atoms with E-state index in [1.807, 2.05) is 29.2 Å². The van der Waals surface area contributed by atoms with Gasteiger partial charge in [0.25, 0.3) is 0 Å². The molecule has 1 N–H and O–H groups in total. The first-order valence-electron chi connectivity index (χ1n) is 10.5. The zero-order valence-corrected chi connectivity index (χ0v) is 17.6. The highest BCUT2D eigenvalue weighted by Gasteiger charge is 2.39. The normalized spacial score (nSPS) is 23.6. The summed E-state index contributed by atoms with van der Waals surface area (Å²) in [6.07, 6.45) is 4.72. The summed E-state index contributed by atoms with van der Waals surface area (Å²) in [7, 11) is 0. The van der Waals surface area contributed by atoms with Crippen LogP contribution in [0.4, 0.5) is 4.39 Å². The van der Waals surface area contributed by atoms with Crippen LogP contribution in [0.5, 0.6) is 0 Å². The largest absolute Gasteiger partial charge is 0.350 e. The van der Waals surface area contributed by atoms with Gasteiger partial charge in [-0.1, -0.05) is 35.9 Å². The lowest BCUT2D eigenvalue weighted by molar-refractivity contribution is -0.132. The summed E-state index contributed by atoms with van der Waals surface area (Å²) >= 11 is 5.99. The number of amides is 2. The molecule has 2 heterocycles. The quantitative estimate of drug-likeness (QED) is 0.717. The van der Waals surface area contributed by atoms with Crippen LogP contribution in [0.1, 0.15) is 55.7 Å². The molecule has 2 aromatic rings. The monoisotopic (exact) mass is 428 g/mol. The van der Waals surface area contributed by atoms with E-state index in [1.165, 1.54) is 12.1 Å². The van der Waals surface area contributed by atoms with Crippen molar-refractivity contribution in [1.82, 2.24) is 10.2 Å². The van der Waals surface area contributed by atoms with Crippen molar-refractivity contribution in [2.24, 2.45) is 0 Å². The Morgan fingerprint density at radius 1 is 1.17 bits per heavy atom. The average Bonchev–Trinajstić information content (AvgIpc) is 3.36. The molecule has 0 spiro atoms. The van der Waals surface area contributed by atoms with Crippen LogP contribution < -0.4 is 5.32 Å². The van der Waals surface area contributed by atoms with Gasteiger partial charge in [-0.2, -0.15) is 0 Å². The third-order valence-electron chi connectivity index (χ3n) is 6.34. The van der Waals surface area contributed by atoms with E-state index in [1.54, 1.807) is 12.1 Å². The maximum absolute atomic E-state index is 13.3. The van der Waals surface area contributed by atoms with Crippen molar-refractivity contribution in [1.29, 1.82) is 0 Å². The molecule has 2 amide bonds. The van der Waals surface area contributed by atoms with Crippen LogP contribution in [0, 0.1) is 5.82 Å². The molecule has 0 unspecified atom stereocenters. The molecule has 4 nitrogen and oxygen atoms in total. The topological polar surface area (TPSA) is 49.4 Å². The number of hydrogen-bond acceptors (Lipinski definition) is 2. The Morgan fingerprint density at radius 2 is 1.90 bits per heavy atom. The highest BCUT2D eigenvalue weighted by Crippen LogP contribution is 2.35. The SMILES string of the molecule is O=C1CC[C@](CCC(=O)N2CCC[C@@H]2c2ccc(F)cc2)(Cc2ccc(Cl)cc2)N1. The van der Waals surface area contributed by atoms with Gasteiger partial charge in [0, 0.05) is 29.9 Å². The molecular formula is C24H26ClFN2O2. The first-order valence-corrected chi connectivity index (χ1v) is 10.9. The van der Waals surface area contributed by atoms with Gasteiger partial charge in [0.05, 0.1) is 6.04 Å². The minimum Gasteiger partial charge on any atom is -0.350 e. The number of hydrogen-bond donors (Lipinski definition) is 1. The zero-order chi connectivity index (χ0) is 21.1. The Labute approximate surface area is 181 Å². The Bertz CT molecular complexity index is 916. The summed E-state index contributed by atoms with van der Waals surface area (Å²) in [6, 6.07) is 14.1.